The molecule has 0 aromatic heterocycles. The van der Waals surface area contributed by atoms with Gasteiger partial charge in [-0.15, -0.1) is 0 Å². The molecule has 5 rings (SSSR count). The number of fused-ring (bicyclic) bond motifs is 3. The number of carboxylic acid groups (broad SMARTS) is 1. The van der Waals surface area contributed by atoms with Crippen molar-refractivity contribution in [1.82, 2.24) is 4.90 Å². The molecule has 0 unspecified atom stereocenters. The normalized spacial score (nSPS) is 17.8. The number of ketones is 1. The van der Waals surface area contributed by atoms with Gasteiger partial charge in [0.2, 0.25) is 0 Å². The van der Waals surface area contributed by atoms with Crippen molar-refractivity contribution in [2.75, 3.05) is 6.54 Å². The lowest BCUT2D eigenvalue weighted by atomic mass is 9.91. The van der Waals surface area contributed by atoms with E-state index in [0.29, 0.717) is 5.56 Å². The van der Waals surface area contributed by atoms with Gasteiger partial charge < -0.3 is 5.11 Å². The van der Waals surface area contributed by atoms with Gasteiger partial charge in [0.05, 0.1) is 17.0 Å². The Hall–Kier alpha value is -3.54. The first kappa shape index (κ1) is 20.4. The molecular weight excluding hydrogens is 406 g/mol. The number of nitrogens with zero attached hydrogens (tertiary/aromatic N) is 1. The average Bonchev–Trinajstić information content (AvgIpc) is 3.28. The summed E-state index contributed by atoms with van der Waals surface area (Å²) in [5.41, 5.74) is 6.25. The zero-order valence-electron chi connectivity index (χ0n) is 17.6. The quantitative estimate of drug-likeness (QED) is 0.550. The van der Waals surface area contributed by atoms with E-state index in [-0.39, 0.29) is 29.9 Å². The van der Waals surface area contributed by atoms with Gasteiger partial charge >= 0.3 is 5.97 Å². The zero-order chi connectivity index (χ0) is 22.4. The van der Waals surface area contributed by atoms with Crippen molar-refractivity contribution >= 4 is 29.1 Å². The standard InChI is InChI=1S/C26H23NO5/c28-23(16-9-10-20-17(12-16)11-15-5-1-2-6-19(15)20)13-18(26(31)32)14-27-24(29)21-7-3-4-8-22(21)25(27)30/h3-4,7-10,12,18H,1-2,5-6,11,13-14H2,(H,31,32)/t18-/m1/s1. The Morgan fingerprint density at radius 2 is 1.62 bits per heavy atom. The van der Waals surface area contributed by atoms with Crippen molar-refractivity contribution in [3.8, 4) is 0 Å². The highest BCUT2D eigenvalue weighted by Gasteiger charge is 2.38. The number of benzene rings is 2. The summed E-state index contributed by atoms with van der Waals surface area (Å²) in [6.45, 7) is -0.325. The molecule has 1 heterocycles. The fourth-order valence-corrected chi connectivity index (χ4v) is 5.12. The number of aliphatic carboxylic acids is 1. The molecule has 1 atom stereocenters. The van der Waals surface area contributed by atoms with Crippen molar-refractivity contribution in [3.63, 3.8) is 0 Å². The van der Waals surface area contributed by atoms with E-state index in [4.69, 9.17) is 0 Å². The van der Waals surface area contributed by atoms with Crippen LogP contribution in [0.25, 0.3) is 5.57 Å². The zero-order valence-corrected chi connectivity index (χ0v) is 17.6. The SMILES string of the molecule is O=C(C[C@H](CN1C(=O)c2ccccc2C1=O)C(=O)O)c1ccc2c(c1)CC1=C2CCCC1. The van der Waals surface area contributed by atoms with E-state index in [1.165, 1.54) is 29.6 Å². The van der Waals surface area contributed by atoms with Crippen molar-refractivity contribution in [2.24, 2.45) is 5.92 Å². The third-order valence-electron chi connectivity index (χ3n) is 6.80. The second-order valence-electron chi connectivity index (χ2n) is 8.77. The maximum Gasteiger partial charge on any atom is 0.308 e. The highest BCUT2D eigenvalue weighted by atomic mass is 16.4. The lowest BCUT2D eigenvalue weighted by Gasteiger charge is -2.19. The molecule has 2 amide bonds. The average molecular weight is 429 g/mol. The van der Waals surface area contributed by atoms with Gasteiger partial charge in [0, 0.05) is 18.5 Å². The summed E-state index contributed by atoms with van der Waals surface area (Å²) in [6.07, 6.45) is 5.18. The number of Topliss-reactive ketones (excluding diaryl/α,β-unsaturated/α-hetero) is 1. The van der Waals surface area contributed by atoms with Crippen LogP contribution in [0.15, 0.2) is 48.0 Å². The fraction of sp³-hybridized carbons (Fsp3) is 0.308. The van der Waals surface area contributed by atoms with Crippen LogP contribution in [0.1, 0.15) is 74.3 Å². The van der Waals surface area contributed by atoms with E-state index in [2.05, 4.69) is 0 Å². The lowest BCUT2D eigenvalue weighted by Crippen LogP contribution is -2.38. The van der Waals surface area contributed by atoms with Crippen LogP contribution in [-0.4, -0.2) is 40.1 Å². The van der Waals surface area contributed by atoms with Gasteiger partial charge in [-0.1, -0.05) is 29.8 Å². The highest BCUT2D eigenvalue weighted by molar-refractivity contribution is 6.21. The molecule has 162 valence electrons. The summed E-state index contributed by atoms with van der Waals surface area (Å²) in [5.74, 6) is -3.68. The van der Waals surface area contributed by atoms with Gasteiger partial charge in [-0.05, 0) is 67.0 Å². The molecule has 6 heteroatoms. The van der Waals surface area contributed by atoms with E-state index in [1.807, 2.05) is 12.1 Å². The maximum absolute atomic E-state index is 13.0. The first-order valence-corrected chi connectivity index (χ1v) is 11.0. The molecule has 0 saturated carbocycles. The molecule has 2 aromatic carbocycles. The summed E-state index contributed by atoms with van der Waals surface area (Å²) < 4.78 is 0. The molecule has 0 bridgehead atoms. The highest BCUT2D eigenvalue weighted by Crippen LogP contribution is 2.41. The largest absolute Gasteiger partial charge is 0.481 e. The van der Waals surface area contributed by atoms with Gasteiger partial charge in [-0.3, -0.25) is 24.1 Å². The van der Waals surface area contributed by atoms with Gasteiger partial charge in [-0.25, -0.2) is 0 Å². The molecular formula is C26H23NO5. The number of carbonyl (C=O) groups is 4. The van der Waals surface area contributed by atoms with Crippen molar-refractivity contribution in [2.45, 2.75) is 38.5 Å². The second-order valence-corrected chi connectivity index (χ2v) is 8.77. The molecule has 0 spiro atoms. The lowest BCUT2D eigenvalue weighted by molar-refractivity contribution is -0.141. The predicted molar refractivity (Wildman–Crippen MR) is 117 cm³/mol. The summed E-state index contributed by atoms with van der Waals surface area (Å²) in [6, 6.07) is 12.1. The Morgan fingerprint density at radius 3 is 2.31 bits per heavy atom. The molecule has 0 saturated heterocycles. The second kappa shape index (κ2) is 7.86. The van der Waals surface area contributed by atoms with Gasteiger partial charge in [0.15, 0.2) is 5.78 Å². The molecule has 0 radical (unpaired) electrons. The minimum absolute atomic E-state index is 0.267. The van der Waals surface area contributed by atoms with Crippen LogP contribution in [0.4, 0.5) is 0 Å². The third-order valence-corrected chi connectivity index (χ3v) is 6.80. The number of allylic oxidation sites excluding steroid dienone is 2. The Morgan fingerprint density at radius 1 is 0.938 bits per heavy atom. The van der Waals surface area contributed by atoms with Gasteiger partial charge in [0.25, 0.3) is 11.8 Å². The molecule has 2 aliphatic carbocycles. The Kier molecular flexibility index (Phi) is 5.00. The van der Waals surface area contributed by atoms with Gasteiger partial charge in [-0.2, -0.15) is 0 Å². The van der Waals surface area contributed by atoms with E-state index in [0.717, 1.165) is 29.7 Å². The molecule has 6 nitrogen and oxygen atoms in total. The molecule has 3 aliphatic rings. The number of rotatable bonds is 6. The summed E-state index contributed by atoms with van der Waals surface area (Å²) in [5, 5.41) is 9.71. The monoisotopic (exact) mass is 429 g/mol. The topological polar surface area (TPSA) is 91.8 Å². The van der Waals surface area contributed by atoms with E-state index in [1.54, 1.807) is 30.3 Å². The van der Waals surface area contributed by atoms with Gasteiger partial charge in [0.1, 0.15) is 0 Å². The number of hydrogen-bond acceptors (Lipinski definition) is 4. The number of imide groups is 1. The number of amides is 2. The molecule has 2 aromatic rings. The predicted octanol–water partition coefficient (Wildman–Crippen LogP) is 4.14. The number of carbonyl (C=O) groups excluding carboxylic acids is 3. The van der Waals surface area contributed by atoms with Crippen LogP contribution in [0.5, 0.6) is 0 Å². The fourth-order valence-electron chi connectivity index (χ4n) is 5.12. The maximum atomic E-state index is 13.0. The van der Waals surface area contributed by atoms with Crippen LogP contribution in [0.2, 0.25) is 0 Å². The van der Waals surface area contributed by atoms with E-state index in [9.17, 15) is 24.3 Å². The Balaban J connectivity index is 1.32. The number of hydrogen-bond donors (Lipinski definition) is 1. The van der Waals surface area contributed by atoms with E-state index >= 15 is 0 Å². The molecule has 1 N–H and O–H groups in total. The molecule has 32 heavy (non-hydrogen) atoms. The molecule has 1 aliphatic heterocycles. The minimum Gasteiger partial charge on any atom is -0.481 e. The summed E-state index contributed by atoms with van der Waals surface area (Å²) in [7, 11) is 0. The Bertz CT molecular complexity index is 1170. The van der Waals surface area contributed by atoms with Crippen molar-refractivity contribution in [3.05, 3.63) is 75.9 Å². The third kappa shape index (κ3) is 3.36. The van der Waals surface area contributed by atoms with Crippen LogP contribution in [0.3, 0.4) is 0 Å². The summed E-state index contributed by atoms with van der Waals surface area (Å²) in [4.78, 5) is 51.0. The number of carboxylic acids is 1. The van der Waals surface area contributed by atoms with E-state index < -0.39 is 23.7 Å². The van der Waals surface area contributed by atoms with Crippen LogP contribution >= 0.6 is 0 Å². The molecule has 0 fully saturated rings. The first-order valence-electron chi connectivity index (χ1n) is 11.0. The smallest absolute Gasteiger partial charge is 0.308 e. The Labute approximate surface area is 185 Å². The minimum atomic E-state index is -1.20. The van der Waals surface area contributed by atoms with Crippen LogP contribution < -0.4 is 0 Å². The van der Waals surface area contributed by atoms with Crippen LogP contribution in [0, 0.1) is 5.92 Å². The van der Waals surface area contributed by atoms with Crippen LogP contribution in [-0.2, 0) is 11.2 Å². The van der Waals surface area contributed by atoms with Crippen molar-refractivity contribution in [1.29, 1.82) is 0 Å². The summed E-state index contributed by atoms with van der Waals surface area (Å²) >= 11 is 0. The van der Waals surface area contributed by atoms with Crippen molar-refractivity contribution < 1.29 is 24.3 Å². The first-order chi connectivity index (χ1) is 15.4.